The minimum atomic E-state index is -0.0255. The van der Waals surface area contributed by atoms with Gasteiger partial charge in [-0.05, 0) is 39.0 Å². The summed E-state index contributed by atoms with van der Waals surface area (Å²) in [7, 11) is 0. The van der Waals surface area contributed by atoms with Crippen LogP contribution in [0.25, 0.3) is 5.82 Å². The summed E-state index contributed by atoms with van der Waals surface area (Å²) in [5, 5.41) is 4.52. The summed E-state index contributed by atoms with van der Waals surface area (Å²) in [5.74, 6) is 2.30. The standard InChI is InChI=1S/C20H23N7O/c1-14-12-15(2)27(24-14)19-13-18(22-16(3)23-19)25-8-10-26(11-9-25)20(28)17-6-4-5-7-21-17/h4-7,12-13H,8-11H2,1-3H3. The van der Waals surface area contributed by atoms with E-state index in [0.717, 1.165) is 23.0 Å². The van der Waals surface area contributed by atoms with Crippen molar-refractivity contribution in [3.8, 4) is 5.82 Å². The molecule has 1 aliphatic heterocycles. The van der Waals surface area contributed by atoms with E-state index in [-0.39, 0.29) is 5.91 Å². The van der Waals surface area contributed by atoms with E-state index in [1.165, 1.54) is 0 Å². The number of hydrogen-bond acceptors (Lipinski definition) is 6. The molecular weight excluding hydrogens is 354 g/mol. The third-order valence-corrected chi connectivity index (χ3v) is 4.81. The highest BCUT2D eigenvalue weighted by Crippen LogP contribution is 2.19. The number of carbonyl (C=O) groups is 1. The van der Waals surface area contributed by atoms with E-state index in [9.17, 15) is 4.79 Å². The van der Waals surface area contributed by atoms with Gasteiger partial charge in [-0.1, -0.05) is 6.07 Å². The van der Waals surface area contributed by atoms with Crippen LogP contribution in [-0.2, 0) is 0 Å². The number of piperazine rings is 1. The van der Waals surface area contributed by atoms with E-state index < -0.39 is 0 Å². The van der Waals surface area contributed by atoms with Gasteiger partial charge in [0.05, 0.1) is 5.69 Å². The van der Waals surface area contributed by atoms with Gasteiger partial charge in [-0.2, -0.15) is 5.10 Å². The Morgan fingerprint density at radius 1 is 0.964 bits per heavy atom. The van der Waals surface area contributed by atoms with E-state index >= 15 is 0 Å². The SMILES string of the molecule is Cc1cc(C)n(-c2cc(N3CCN(C(=O)c4ccccn4)CC3)nc(C)n2)n1. The maximum atomic E-state index is 12.6. The van der Waals surface area contributed by atoms with E-state index in [2.05, 4.69) is 25.0 Å². The molecule has 0 atom stereocenters. The fourth-order valence-corrected chi connectivity index (χ4v) is 3.46. The Balaban J connectivity index is 1.50. The quantitative estimate of drug-likeness (QED) is 0.694. The zero-order chi connectivity index (χ0) is 19.7. The molecule has 0 radical (unpaired) electrons. The van der Waals surface area contributed by atoms with Gasteiger partial charge in [-0.3, -0.25) is 9.78 Å². The molecule has 4 rings (SSSR count). The summed E-state index contributed by atoms with van der Waals surface area (Å²) >= 11 is 0. The van der Waals surface area contributed by atoms with Crippen LogP contribution in [0, 0.1) is 20.8 Å². The first-order chi connectivity index (χ1) is 13.5. The summed E-state index contributed by atoms with van der Waals surface area (Å²) in [6.45, 7) is 8.56. The lowest BCUT2D eigenvalue weighted by Gasteiger charge is -2.35. The third kappa shape index (κ3) is 3.58. The van der Waals surface area contributed by atoms with Crippen molar-refractivity contribution in [1.29, 1.82) is 0 Å². The molecule has 0 spiro atoms. The lowest BCUT2D eigenvalue weighted by Crippen LogP contribution is -2.49. The third-order valence-electron chi connectivity index (χ3n) is 4.81. The summed E-state index contributed by atoms with van der Waals surface area (Å²) in [4.78, 5) is 29.9. The monoisotopic (exact) mass is 377 g/mol. The van der Waals surface area contributed by atoms with Crippen LogP contribution < -0.4 is 4.90 Å². The van der Waals surface area contributed by atoms with Gasteiger partial charge in [0.1, 0.15) is 17.3 Å². The minimum Gasteiger partial charge on any atom is -0.353 e. The smallest absolute Gasteiger partial charge is 0.272 e. The zero-order valence-electron chi connectivity index (χ0n) is 16.3. The van der Waals surface area contributed by atoms with E-state index in [4.69, 9.17) is 0 Å². The van der Waals surface area contributed by atoms with Gasteiger partial charge in [0.2, 0.25) is 0 Å². The molecule has 1 fully saturated rings. The molecule has 0 unspecified atom stereocenters. The molecule has 1 amide bonds. The summed E-state index contributed by atoms with van der Waals surface area (Å²) < 4.78 is 1.84. The lowest BCUT2D eigenvalue weighted by atomic mass is 10.2. The van der Waals surface area contributed by atoms with Crippen LogP contribution in [0.4, 0.5) is 5.82 Å². The van der Waals surface area contributed by atoms with Gasteiger partial charge in [0.15, 0.2) is 5.82 Å². The largest absolute Gasteiger partial charge is 0.353 e. The Morgan fingerprint density at radius 3 is 2.36 bits per heavy atom. The van der Waals surface area contributed by atoms with E-state index in [0.29, 0.717) is 37.7 Å². The van der Waals surface area contributed by atoms with Gasteiger partial charge >= 0.3 is 0 Å². The van der Waals surface area contributed by atoms with Crippen molar-refractivity contribution < 1.29 is 4.79 Å². The predicted molar refractivity (Wildman–Crippen MR) is 106 cm³/mol. The summed E-state index contributed by atoms with van der Waals surface area (Å²) in [6.07, 6.45) is 1.65. The molecule has 1 saturated heterocycles. The van der Waals surface area contributed by atoms with Crippen LogP contribution in [0.5, 0.6) is 0 Å². The number of aromatic nitrogens is 5. The van der Waals surface area contributed by atoms with Crippen molar-refractivity contribution in [2.24, 2.45) is 0 Å². The molecule has 3 aromatic heterocycles. The van der Waals surface area contributed by atoms with E-state index in [1.54, 1.807) is 12.3 Å². The molecule has 28 heavy (non-hydrogen) atoms. The fourth-order valence-electron chi connectivity index (χ4n) is 3.46. The molecule has 0 aliphatic carbocycles. The number of hydrogen-bond donors (Lipinski definition) is 0. The molecule has 1 aliphatic rings. The van der Waals surface area contributed by atoms with Crippen LogP contribution in [0.1, 0.15) is 27.7 Å². The first kappa shape index (κ1) is 18.1. The Morgan fingerprint density at radius 2 is 1.71 bits per heavy atom. The predicted octanol–water partition coefficient (Wildman–Crippen LogP) is 1.94. The number of aryl methyl sites for hydroxylation is 3. The number of pyridine rings is 1. The van der Waals surface area contributed by atoms with E-state index in [1.807, 2.05) is 54.6 Å². The second-order valence-corrected chi connectivity index (χ2v) is 6.96. The number of nitrogens with zero attached hydrogens (tertiary/aromatic N) is 7. The van der Waals surface area contributed by atoms with Gasteiger partial charge in [-0.25, -0.2) is 14.6 Å². The summed E-state index contributed by atoms with van der Waals surface area (Å²) in [5.41, 5.74) is 2.48. The fraction of sp³-hybridized carbons (Fsp3) is 0.350. The molecule has 8 heteroatoms. The van der Waals surface area contributed by atoms with Crippen molar-refractivity contribution in [1.82, 2.24) is 29.6 Å². The molecule has 8 nitrogen and oxygen atoms in total. The second-order valence-electron chi connectivity index (χ2n) is 6.96. The number of rotatable bonds is 3. The highest BCUT2D eigenvalue weighted by molar-refractivity contribution is 5.92. The van der Waals surface area contributed by atoms with Crippen LogP contribution >= 0.6 is 0 Å². The molecular formula is C20H23N7O. The molecule has 144 valence electrons. The van der Waals surface area contributed by atoms with Crippen LogP contribution in [0.3, 0.4) is 0 Å². The Bertz CT molecular complexity index is 991. The van der Waals surface area contributed by atoms with Crippen LogP contribution in [0.15, 0.2) is 36.5 Å². The van der Waals surface area contributed by atoms with Crippen molar-refractivity contribution in [2.75, 3.05) is 31.1 Å². The minimum absolute atomic E-state index is 0.0255. The van der Waals surface area contributed by atoms with Crippen molar-refractivity contribution in [3.63, 3.8) is 0 Å². The summed E-state index contributed by atoms with van der Waals surface area (Å²) in [6, 6.07) is 9.39. The maximum Gasteiger partial charge on any atom is 0.272 e. The highest BCUT2D eigenvalue weighted by Gasteiger charge is 2.24. The van der Waals surface area contributed by atoms with Crippen LogP contribution in [-0.4, -0.2) is 61.7 Å². The second kappa shape index (κ2) is 7.38. The van der Waals surface area contributed by atoms with Gasteiger partial charge in [-0.15, -0.1) is 0 Å². The van der Waals surface area contributed by atoms with Gasteiger partial charge in [0.25, 0.3) is 5.91 Å². The average molecular weight is 377 g/mol. The van der Waals surface area contributed by atoms with Gasteiger partial charge in [0, 0.05) is 44.1 Å². The van der Waals surface area contributed by atoms with Crippen LogP contribution in [0.2, 0.25) is 0 Å². The molecule has 3 aromatic rings. The first-order valence-corrected chi connectivity index (χ1v) is 9.36. The first-order valence-electron chi connectivity index (χ1n) is 9.36. The molecule has 0 saturated carbocycles. The number of anilines is 1. The Hall–Kier alpha value is -3.29. The topological polar surface area (TPSA) is 80.0 Å². The Labute approximate surface area is 163 Å². The molecule has 4 heterocycles. The lowest BCUT2D eigenvalue weighted by molar-refractivity contribution is 0.0740. The van der Waals surface area contributed by atoms with Crippen molar-refractivity contribution in [3.05, 3.63) is 59.4 Å². The zero-order valence-corrected chi connectivity index (χ0v) is 16.3. The number of amides is 1. The molecule has 0 N–H and O–H groups in total. The highest BCUT2D eigenvalue weighted by atomic mass is 16.2. The molecule has 0 aromatic carbocycles. The number of carbonyl (C=O) groups excluding carboxylic acids is 1. The Kier molecular flexibility index (Phi) is 4.77. The molecule has 0 bridgehead atoms. The van der Waals surface area contributed by atoms with Crippen molar-refractivity contribution >= 4 is 11.7 Å². The van der Waals surface area contributed by atoms with Gasteiger partial charge < -0.3 is 9.80 Å². The van der Waals surface area contributed by atoms with Crippen molar-refractivity contribution in [2.45, 2.75) is 20.8 Å². The maximum absolute atomic E-state index is 12.6. The normalized spacial score (nSPS) is 14.4. The average Bonchev–Trinajstić information content (AvgIpc) is 3.06.